The van der Waals surface area contributed by atoms with Crippen LogP contribution in [0.2, 0.25) is 0 Å². The van der Waals surface area contributed by atoms with E-state index >= 15 is 0 Å². The molecule has 1 heterocycles. The Balaban J connectivity index is 2.09. The van der Waals surface area contributed by atoms with E-state index in [2.05, 4.69) is 15.8 Å². The van der Waals surface area contributed by atoms with Gasteiger partial charge in [0.2, 0.25) is 11.8 Å². The fourth-order valence-electron chi connectivity index (χ4n) is 1.64. The van der Waals surface area contributed by atoms with Crippen molar-refractivity contribution in [2.24, 2.45) is 5.41 Å². The van der Waals surface area contributed by atoms with E-state index in [9.17, 15) is 14.0 Å². The van der Waals surface area contributed by atoms with E-state index in [0.29, 0.717) is 5.76 Å². The molecule has 1 aromatic heterocycles. The number of para-hydroxylation sites is 1. The maximum atomic E-state index is 13.6. The predicted molar refractivity (Wildman–Crippen MR) is 78.7 cm³/mol. The van der Waals surface area contributed by atoms with Crippen molar-refractivity contribution in [3.05, 3.63) is 41.9 Å². The van der Waals surface area contributed by atoms with E-state index in [0.717, 1.165) is 0 Å². The standard InChI is InChI=1S/C15H16FN3O3/c1-9-8-12(19-22-9)18-14(21)15(2,3)13(20)17-11-7-5-4-6-10(11)16/h4-8H,1-3H3,(H,17,20)(H,18,19,21). The third kappa shape index (κ3) is 3.30. The molecule has 2 aromatic rings. The topological polar surface area (TPSA) is 84.2 Å². The van der Waals surface area contributed by atoms with Crippen LogP contribution in [0.1, 0.15) is 19.6 Å². The predicted octanol–water partition coefficient (Wildman–Crippen LogP) is 2.73. The lowest BCUT2D eigenvalue weighted by molar-refractivity contribution is -0.135. The van der Waals surface area contributed by atoms with Crippen LogP contribution in [0, 0.1) is 18.2 Å². The minimum atomic E-state index is -1.42. The minimum Gasteiger partial charge on any atom is -0.360 e. The molecule has 0 atom stereocenters. The van der Waals surface area contributed by atoms with Gasteiger partial charge in [-0.1, -0.05) is 17.3 Å². The summed E-state index contributed by atoms with van der Waals surface area (Å²) >= 11 is 0. The van der Waals surface area contributed by atoms with Crippen molar-refractivity contribution in [1.29, 1.82) is 0 Å². The van der Waals surface area contributed by atoms with Crippen molar-refractivity contribution < 1.29 is 18.5 Å². The quantitative estimate of drug-likeness (QED) is 0.851. The highest BCUT2D eigenvalue weighted by Gasteiger charge is 2.37. The summed E-state index contributed by atoms with van der Waals surface area (Å²) in [4.78, 5) is 24.5. The molecule has 0 aliphatic rings. The molecular weight excluding hydrogens is 289 g/mol. The molecule has 0 saturated heterocycles. The van der Waals surface area contributed by atoms with Gasteiger partial charge in [0.25, 0.3) is 0 Å². The second-order valence-electron chi connectivity index (χ2n) is 5.34. The second-order valence-corrected chi connectivity index (χ2v) is 5.34. The number of anilines is 2. The number of amides is 2. The number of benzene rings is 1. The number of aromatic nitrogens is 1. The van der Waals surface area contributed by atoms with Crippen LogP contribution in [-0.2, 0) is 9.59 Å². The minimum absolute atomic E-state index is 0.0191. The highest BCUT2D eigenvalue weighted by molar-refractivity contribution is 6.13. The van der Waals surface area contributed by atoms with Gasteiger partial charge in [-0.05, 0) is 32.9 Å². The SMILES string of the molecule is Cc1cc(NC(=O)C(C)(C)C(=O)Nc2ccccc2F)no1. The number of hydrogen-bond donors (Lipinski definition) is 2. The van der Waals surface area contributed by atoms with E-state index in [-0.39, 0.29) is 11.5 Å². The Kier molecular flexibility index (Phi) is 4.25. The first-order chi connectivity index (χ1) is 10.3. The number of rotatable bonds is 4. The summed E-state index contributed by atoms with van der Waals surface area (Å²) < 4.78 is 18.4. The molecule has 2 N–H and O–H groups in total. The van der Waals surface area contributed by atoms with Crippen LogP contribution >= 0.6 is 0 Å². The molecule has 0 unspecified atom stereocenters. The molecule has 0 bridgehead atoms. The van der Waals surface area contributed by atoms with E-state index in [1.54, 1.807) is 13.0 Å². The van der Waals surface area contributed by atoms with E-state index in [1.165, 1.54) is 38.1 Å². The summed E-state index contributed by atoms with van der Waals surface area (Å²) in [5.74, 6) is -1.03. The van der Waals surface area contributed by atoms with Crippen molar-refractivity contribution in [3.63, 3.8) is 0 Å². The Morgan fingerprint density at radius 3 is 2.41 bits per heavy atom. The van der Waals surface area contributed by atoms with Gasteiger partial charge in [-0.25, -0.2) is 4.39 Å². The van der Waals surface area contributed by atoms with Crippen LogP contribution in [0.15, 0.2) is 34.9 Å². The fourth-order valence-corrected chi connectivity index (χ4v) is 1.64. The molecule has 0 aliphatic carbocycles. The maximum absolute atomic E-state index is 13.6. The van der Waals surface area contributed by atoms with Crippen molar-refractivity contribution in [1.82, 2.24) is 5.16 Å². The molecule has 2 rings (SSSR count). The van der Waals surface area contributed by atoms with Crippen molar-refractivity contribution in [3.8, 4) is 0 Å². The highest BCUT2D eigenvalue weighted by atomic mass is 19.1. The largest absolute Gasteiger partial charge is 0.360 e. The molecule has 0 spiro atoms. The molecule has 0 saturated carbocycles. The first-order valence-electron chi connectivity index (χ1n) is 6.61. The Labute approximate surface area is 126 Å². The molecular formula is C15H16FN3O3. The summed E-state index contributed by atoms with van der Waals surface area (Å²) in [5, 5.41) is 8.52. The zero-order valence-corrected chi connectivity index (χ0v) is 12.4. The van der Waals surface area contributed by atoms with Crippen LogP contribution in [0.3, 0.4) is 0 Å². The molecule has 2 amide bonds. The summed E-state index contributed by atoms with van der Waals surface area (Å²) in [6, 6.07) is 7.27. The van der Waals surface area contributed by atoms with Gasteiger partial charge in [-0.2, -0.15) is 0 Å². The molecule has 0 fully saturated rings. The molecule has 1 aromatic carbocycles. The first kappa shape index (κ1) is 15.7. The van der Waals surface area contributed by atoms with Crippen molar-refractivity contribution in [2.45, 2.75) is 20.8 Å². The first-order valence-corrected chi connectivity index (χ1v) is 6.61. The third-order valence-corrected chi connectivity index (χ3v) is 3.13. The number of carbonyl (C=O) groups excluding carboxylic acids is 2. The lowest BCUT2D eigenvalue weighted by atomic mass is 9.91. The number of halogens is 1. The zero-order valence-electron chi connectivity index (χ0n) is 12.4. The van der Waals surface area contributed by atoms with E-state index in [4.69, 9.17) is 4.52 Å². The fraction of sp³-hybridized carbons (Fsp3) is 0.267. The normalized spacial score (nSPS) is 11.1. The molecule has 0 radical (unpaired) electrons. The van der Waals surface area contributed by atoms with E-state index < -0.39 is 23.0 Å². The maximum Gasteiger partial charge on any atom is 0.240 e. The third-order valence-electron chi connectivity index (χ3n) is 3.13. The molecule has 0 aliphatic heterocycles. The van der Waals surface area contributed by atoms with Gasteiger partial charge >= 0.3 is 0 Å². The number of carbonyl (C=O) groups is 2. The summed E-state index contributed by atoms with van der Waals surface area (Å²) in [6.07, 6.45) is 0. The summed E-state index contributed by atoms with van der Waals surface area (Å²) in [7, 11) is 0. The van der Waals surface area contributed by atoms with Gasteiger partial charge in [0.05, 0.1) is 5.69 Å². The number of nitrogens with one attached hydrogen (secondary N) is 2. The van der Waals surface area contributed by atoms with Crippen LogP contribution in [0.5, 0.6) is 0 Å². The van der Waals surface area contributed by atoms with Crippen LogP contribution in [0.25, 0.3) is 0 Å². The smallest absolute Gasteiger partial charge is 0.240 e. The summed E-state index contributed by atoms with van der Waals surface area (Å²) in [5.41, 5.74) is -1.40. The van der Waals surface area contributed by atoms with Gasteiger partial charge in [0.15, 0.2) is 5.82 Å². The van der Waals surface area contributed by atoms with E-state index in [1.807, 2.05) is 0 Å². The van der Waals surface area contributed by atoms with Gasteiger partial charge in [-0.3, -0.25) is 9.59 Å². The Morgan fingerprint density at radius 1 is 1.18 bits per heavy atom. The lowest BCUT2D eigenvalue weighted by Gasteiger charge is -2.22. The number of nitrogens with zero attached hydrogens (tertiary/aromatic N) is 1. The lowest BCUT2D eigenvalue weighted by Crippen LogP contribution is -2.41. The highest BCUT2D eigenvalue weighted by Crippen LogP contribution is 2.22. The van der Waals surface area contributed by atoms with Crippen molar-refractivity contribution in [2.75, 3.05) is 10.6 Å². The molecule has 116 valence electrons. The molecule has 6 nitrogen and oxygen atoms in total. The summed E-state index contributed by atoms with van der Waals surface area (Å²) in [6.45, 7) is 4.55. The monoisotopic (exact) mass is 305 g/mol. The van der Waals surface area contributed by atoms with Crippen molar-refractivity contribution >= 4 is 23.3 Å². The Morgan fingerprint density at radius 2 is 1.82 bits per heavy atom. The number of hydrogen-bond acceptors (Lipinski definition) is 4. The second kappa shape index (κ2) is 5.97. The molecule has 7 heteroatoms. The molecule has 22 heavy (non-hydrogen) atoms. The average Bonchev–Trinajstić information content (AvgIpc) is 2.86. The average molecular weight is 305 g/mol. The Hall–Kier alpha value is -2.70. The van der Waals surface area contributed by atoms with Crippen LogP contribution < -0.4 is 10.6 Å². The van der Waals surface area contributed by atoms with Gasteiger partial charge < -0.3 is 15.2 Å². The zero-order chi connectivity index (χ0) is 16.3. The van der Waals surface area contributed by atoms with Crippen LogP contribution in [0.4, 0.5) is 15.9 Å². The van der Waals surface area contributed by atoms with Gasteiger partial charge in [-0.15, -0.1) is 0 Å². The van der Waals surface area contributed by atoms with Crippen LogP contribution in [-0.4, -0.2) is 17.0 Å². The van der Waals surface area contributed by atoms with Gasteiger partial charge in [0.1, 0.15) is 17.0 Å². The van der Waals surface area contributed by atoms with Gasteiger partial charge in [0, 0.05) is 6.07 Å². The number of aryl methyl sites for hydroxylation is 1. The Bertz CT molecular complexity index is 710.